The number of likely N-dealkylation sites (tertiary alicyclic amines) is 1. The predicted octanol–water partition coefficient (Wildman–Crippen LogP) is 4.17. The van der Waals surface area contributed by atoms with Crippen LogP contribution in [0.25, 0.3) is 11.4 Å². The van der Waals surface area contributed by atoms with Gasteiger partial charge in [-0.25, -0.2) is 9.37 Å². The SMILES string of the molecule is O=C(Cn1c2c(c(=O)n3nc(C4=CCOCC4)nc13)C1(CC2)CCN(C(=O)c2ncccc2O)CC1)Nc1ccc(C2(F)CC2)cc1Cl. The zero-order valence-corrected chi connectivity index (χ0v) is 26.8. The molecule has 48 heavy (non-hydrogen) atoms. The molecule has 0 bridgehead atoms. The molecule has 1 saturated heterocycles. The molecule has 2 amide bonds. The number of hydrogen-bond donors (Lipinski definition) is 2. The molecule has 0 unspecified atom stereocenters. The molecule has 0 atom stereocenters. The Morgan fingerprint density at radius 2 is 1.92 bits per heavy atom. The molecule has 14 heteroatoms. The molecular weight excluding hydrogens is 641 g/mol. The molecular formula is C34H33ClFN7O5. The Bertz CT molecular complexity index is 2080. The number of pyridine rings is 1. The molecule has 3 aromatic heterocycles. The number of benzene rings is 1. The van der Waals surface area contributed by atoms with E-state index in [9.17, 15) is 23.9 Å². The fourth-order valence-corrected chi connectivity index (χ4v) is 7.61. The van der Waals surface area contributed by atoms with Crippen molar-refractivity contribution in [2.75, 3.05) is 31.6 Å². The molecule has 4 aromatic rings. The second-order valence-corrected chi connectivity index (χ2v) is 13.5. The summed E-state index contributed by atoms with van der Waals surface area (Å²) in [7, 11) is 0. The molecule has 248 valence electrons. The van der Waals surface area contributed by atoms with Crippen LogP contribution < -0.4 is 10.9 Å². The molecule has 2 aliphatic heterocycles. The van der Waals surface area contributed by atoms with Crippen LogP contribution in [0.1, 0.15) is 71.7 Å². The minimum Gasteiger partial charge on any atom is -0.505 e. The molecule has 8 rings (SSSR count). The van der Waals surface area contributed by atoms with Gasteiger partial charge in [-0.3, -0.25) is 14.4 Å². The summed E-state index contributed by atoms with van der Waals surface area (Å²) >= 11 is 6.47. The number of fused-ring (bicyclic) bond motifs is 3. The molecule has 1 spiro atoms. The number of rotatable bonds is 6. The van der Waals surface area contributed by atoms with Gasteiger partial charge in [-0.1, -0.05) is 23.7 Å². The van der Waals surface area contributed by atoms with E-state index < -0.39 is 11.1 Å². The van der Waals surface area contributed by atoms with Gasteiger partial charge in [-0.05, 0) is 80.3 Å². The van der Waals surface area contributed by atoms with Crippen LogP contribution in [0, 0.1) is 0 Å². The second kappa shape index (κ2) is 11.5. The van der Waals surface area contributed by atoms with Gasteiger partial charge in [0.05, 0.1) is 23.9 Å². The van der Waals surface area contributed by atoms with E-state index in [-0.39, 0.29) is 46.2 Å². The van der Waals surface area contributed by atoms with Crippen molar-refractivity contribution in [1.82, 2.24) is 29.0 Å². The number of nitrogens with zero attached hydrogens (tertiary/aromatic N) is 6. The first-order valence-electron chi connectivity index (χ1n) is 16.2. The third-order valence-electron chi connectivity index (χ3n) is 10.2. The van der Waals surface area contributed by atoms with E-state index in [1.807, 2.05) is 6.08 Å². The molecule has 1 aromatic carbocycles. The highest BCUT2D eigenvalue weighted by Crippen LogP contribution is 2.50. The van der Waals surface area contributed by atoms with Crippen LogP contribution in [0.3, 0.4) is 0 Å². The van der Waals surface area contributed by atoms with Gasteiger partial charge in [0.1, 0.15) is 18.0 Å². The number of aromatic nitrogens is 5. The Morgan fingerprint density at radius 1 is 1.10 bits per heavy atom. The minimum atomic E-state index is -1.35. The lowest BCUT2D eigenvalue weighted by Crippen LogP contribution is -2.46. The van der Waals surface area contributed by atoms with Gasteiger partial charge in [0.15, 0.2) is 11.5 Å². The zero-order valence-electron chi connectivity index (χ0n) is 26.0. The number of alkyl halides is 1. The zero-order chi connectivity index (χ0) is 33.2. The van der Waals surface area contributed by atoms with Gasteiger partial charge < -0.3 is 24.6 Å². The summed E-state index contributed by atoms with van der Waals surface area (Å²) in [5.41, 5.74) is 0.889. The van der Waals surface area contributed by atoms with E-state index in [2.05, 4.69) is 15.4 Å². The quantitative estimate of drug-likeness (QED) is 0.311. The fourth-order valence-electron chi connectivity index (χ4n) is 7.38. The van der Waals surface area contributed by atoms with Gasteiger partial charge in [0.2, 0.25) is 11.7 Å². The lowest BCUT2D eigenvalue weighted by Gasteiger charge is -2.39. The highest BCUT2D eigenvalue weighted by atomic mass is 35.5. The Balaban J connectivity index is 1.13. The number of ether oxygens (including phenoxy) is 1. The maximum atomic E-state index is 14.6. The van der Waals surface area contributed by atoms with Crippen LogP contribution in [0.4, 0.5) is 10.1 Å². The number of hydrogen-bond acceptors (Lipinski definition) is 8. The van der Waals surface area contributed by atoms with Crippen LogP contribution in [0.5, 0.6) is 5.75 Å². The second-order valence-electron chi connectivity index (χ2n) is 13.1. The first kappa shape index (κ1) is 30.7. The summed E-state index contributed by atoms with van der Waals surface area (Å²) in [5, 5.41) is 18.0. The number of nitrogens with one attached hydrogen (secondary N) is 1. The van der Waals surface area contributed by atoms with E-state index >= 15 is 0 Å². The van der Waals surface area contributed by atoms with Crippen molar-refractivity contribution in [1.29, 1.82) is 0 Å². The van der Waals surface area contributed by atoms with Crippen LogP contribution in [-0.4, -0.2) is 72.3 Å². The van der Waals surface area contributed by atoms with Crippen molar-refractivity contribution < 1.29 is 23.8 Å². The van der Waals surface area contributed by atoms with Gasteiger partial charge in [0, 0.05) is 36.0 Å². The molecule has 0 radical (unpaired) electrons. The lowest BCUT2D eigenvalue weighted by atomic mass is 9.74. The molecule has 1 saturated carbocycles. The monoisotopic (exact) mass is 673 g/mol. The van der Waals surface area contributed by atoms with Crippen LogP contribution >= 0.6 is 11.6 Å². The maximum absolute atomic E-state index is 14.6. The Labute approximate surface area is 279 Å². The topological polar surface area (TPSA) is 144 Å². The Kier molecular flexibility index (Phi) is 7.37. The Morgan fingerprint density at radius 3 is 2.62 bits per heavy atom. The first-order chi connectivity index (χ1) is 23.2. The third kappa shape index (κ3) is 5.16. The van der Waals surface area contributed by atoms with E-state index in [1.165, 1.54) is 16.8 Å². The van der Waals surface area contributed by atoms with Crippen LogP contribution in [0.2, 0.25) is 5.02 Å². The number of aromatic hydroxyl groups is 1. The van der Waals surface area contributed by atoms with E-state index in [1.54, 1.807) is 33.7 Å². The number of carbonyl (C=O) groups excluding carboxylic acids is 2. The Hall–Kier alpha value is -4.62. The van der Waals surface area contributed by atoms with Crippen molar-refractivity contribution in [2.24, 2.45) is 0 Å². The predicted molar refractivity (Wildman–Crippen MR) is 174 cm³/mol. The maximum Gasteiger partial charge on any atom is 0.279 e. The first-order valence-corrected chi connectivity index (χ1v) is 16.6. The average molecular weight is 674 g/mol. The van der Waals surface area contributed by atoms with Gasteiger partial charge in [0.25, 0.3) is 11.5 Å². The molecule has 2 fully saturated rings. The highest BCUT2D eigenvalue weighted by Gasteiger charge is 2.47. The summed E-state index contributed by atoms with van der Waals surface area (Å²) in [6, 6.07) is 7.81. The molecule has 2 N–H and O–H groups in total. The van der Waals surface area contributed by atoms with Crippen molar-refractivity contribution in [3.8, 4) is 5.75 Å². The minimum absolute atomic E-state index is 0.000561. The summed E-state index contributed by atoms with van der Waals surface area (Å²) < 4.78 is 23.1. The fraction of sp³-hybridized carbons (Fsp3) is 0.412. The largest absolute Gasteiger partial charge is 0.505 e. The smallest absolute Gasteiger partial charge is 0.279 e. The summed E-state index contributed by atoms with van der Waals surface area (Å²) in [6.45, 7) is 1.53. The molecule has 2 aliphatic carbocycles. The molecule has 5 heterocycles. The number of anilines is 1. The third-order valence-corrected chi connectivity index (χ3v) is 10.5. The summed E-state index contributed by atoms with van der Waals surface area (Å²) in [5.74, 6) is -0.240. The number of halogens is 2. The summed E-state index contributed by atoms with van der Waals surface area (Å²) in [4.78, 5) is 51.6. The van der Waals surface area contributed by atoms with Crippen molar-refractivity contribution in [2.45, 2.75) is 62.6 Å². The number of amides is 2. The van der Waals surface area contributed by atoms with Crippen molar-refractivity contribution >= 4 is 40.5 Å². The van der Waals surface area contributed by atoms with E-state index in [4.69, 9.17) is 21.3 Å². The number of piperidine rings is 1. The van der Waals surface area contributed by atoms with Gasteiger partial charge in [-0.2, -0.15) is 9.50 Å². The van der Waals surface area contributed by atoms with Crippen molar-refractivity contribution in [3.63, 3.8) is 0 Å². The highest BCUT2D eigenvalue weighted by molar-refractivity contribution is 6.33. The van der Waals surface area contributed by atoms with Crippen molar-refractivity contribution in [3.05, 3.63) is 86.3 Å². The van der Waals surface area contributed by atoms with Crippen LogP contribution in [-0.2, 0) is 33.6 Å². The van der Waals surface area contributed by atoms with Gasteiger partial charge in [-0.15, -0.1) is 5.10 Å². The standard InChI is InChI=1S/C34H33ClFN7O5/c35-22-18-21(34(36)9-10-34)3-4-23(22)38-26(45)19-42-24-5-8-33(11-14-41(15-12-33)31(47)28-25(44)2-1-13-37-28)27(24)30(46)43-32(42)39-29(40-43)20-6-16-48-17-7-20/h1-4,6,13,18,44H,5,7-12,14-17,19H2,(H,38,45). The average Bonchev–Trinajstić information content (AvgIpc) is 3.52. The van der Waals surface area contributed by atoms with E-state index in [0.29, 0.717) is 93.9 Å². The molecule has 12 nitrogen and oxygen atoms in total. The normalized spacial score (nSPS) is 19.3. The van der Waals surface area contributed by atoms with Gasteiger partial charge >= 0.3 is 0 Å². The van der Waals surface area contributed by atoms with E-state index in [0.717, 1.165) is 11.3 Å². The summed E-state index contributed by atoms with van der Waals surface area (Å²) in [6.07, 6.45) is 7.12. The van der Waals surface area contributed by atoms with Crippen LogP contribution in [0.15, 0.2) is 47.4 Å². The molecule has 4 aliphatic rings. The number of carbonyl (C=O) groups is 2. The lowest BCUT2D eigenvalue weighted by molar-refractivity contribution is -0.116.